The Balaban J connectivity index is 2.14. The average Bonchev–Trinajstić information content (AvgIpc) is 2.82. The van der Waals surface area contributed by atoms with Crippen LogP contribution in [0.1, 0.15) is 24.3 Å². The lowest BCUT2D eigenvalue weighted by Crippen LogP contribution is -2.36. The van der Waals surface area contributed by atoms with Crippen molar-refractivity contribution >= 4 is 0 Å². The summed E-state index contributed by atoms with van der Waals surface area (Å²) in [7, 11) is 1.96. The Labute approximate surface area is 112 Å². The predicted molar refractivity (Wildman–Crippen MR) is 73.0 cm³/mol. The minimum absolute atomic E-state index is 0.0294. The third-order valence-electron chi connectivity index (χ3n) is 3.13. The number of hydrogen-bond acceptors (Lipinski definition) is 3. The van der Waals surface area contributed by atoms with E-state index in [1.54, 1.807) is 12.3 Å². The molecule has 2 unspecified atom stereocenters. The first-order valence-corrected chi connectivity index (χ1v) is 6.31. The van der Waals surface area contributed by atoms with Crippen molar-refractivity contribution in [1.29, 1.82) is 0 Å². The van der Waals surface area contributed by atoms with Gasteiger partial charge in [-0.1, -0.05) is 12.1 Å². The lowest BCUT2D eigenvalue weighted by atomic mass is 10.1. The standard InChI is InChI=1S/C15H19FN2O/c1-11(17)15(14-7-4-8-19-14)18(2)10-12-5-3-6-13(16)9-12/h3-9,11,15H,10,17H2,1-2H3. The second-order valence-corrected chi connectivity index (χ2v) is 4.86. The molecule has 102 valence electrons. The van der Waals surface area contributed by atoms with E-state index in [2.05, 4.69) is 4.90 Å². The van der Waals surface area contributed by atoms with Crippen LogP contribution in [0.25, 0.3) is 0 Å². The first-order valence-electron chi connectivity index (χ1n) is 6.31. The van der Waals surface area contributed by atoms with E-state index in [1.165, 1.54) is 12.1 Å². The first-order chi connectivity index (χ1) is 9.08. The molecule has 0 radical (unpaired) electrons. The Kier molecular flexibility index (Phi) is 4.35. The fourth-order valence-electron chi connectivity index (χ4n) is 2.36. The Bertz CT molecular complexity index is 511. The van der Waals surface area contributed by atoms with Crippen LogP contribution in [0.2, 0.25) is 0 Å². The highest BCUT2D eigenvalue weighted by Gasteiger charge is 2.23. The second kappa shape index (κ2) is 5.99. The van der Waals surface area contributed by atoms with Crippen LogP contribution in [0.5, 0.6) is 0 Å². The molecule has 0 spiro atoms. The van der Waals surface area contributed by atoms with Crippen molar-refractivity contribution < 1.29 is 8.81 Å². The number of furan rings is 1. The van der Waals surface area contributed by atoms with Crippen molar-refractivity contribution in [2.75, 3.05) is 7.05 Å². The normalized spacial score (nSPS) is 14.6. The monoisotopic (exact) mass is 262 g/mol. The highest BCUT2D eigenvalue weighted by atomic mass is 19.1. The lowest BCUT2D eigenvalue weighted by Gasteiger charge is -2.29. The van der Waals surface area contributed by atoms with Gasteiger partial charge in [0.1, 0.15) is 11.6 Å². The quantitative estimate of drug-likeness (QED) is 0.900. The van der Waals surface area contributed by atoms with Crippen LogP contribution in [0.3, 0.4) is 0 Å². The van der Waals surface area contributed by atoms with E-state index in [9.17, 15) is 4.39 Å². The number of likely N-dealkylation sites (N-methyl/N-ethyl adjacent to an activating group) is 1. The van der Waals surface area contributed by atoms with Gasteiger partial charge in [0, 0.05) is 12.6 Å². The van der Waals surface area contributed by atoms with Crippen molar-refractivity contribution in [3.8, 4) is 0 Å². The maximum Gasteiger partial charge on any atom is 0.123 e. The van der Waals surface area contributed by atoms with Gasteiger partial charge in [0.15, 0.2) is 0 Å². The van der Waals surface area contributed by atoms with Crippen LogP contribution >= 0.6 is 0 Å². The zero-order chi connectivity index (χ0) is 13.8. The van der Waals surface area contributed by atoms with Gasteiger partial charge >= 0.3 is 0 Å². The van der Waals surface area contributed by atoms with E-state index in [0.29, 0.717) is 6.54 Å². The number of nitrogens with two attached hydrogens (primary N) is 1. The largest absolute Gasteiger partial charge is 0.468 e. The molecule has 3 nitrogen and oxygen atoms in total. The Hall–Kier alpha value is -1.65. The van der Waals surface area contributed by atoms with E-state index in [4.69, 9.17) is 10.2 Å². The predicted octanol–water partition coefficient (Wildman–Crippen LogP) is 2.94. The number of hydrogen-bond donors (Lipinski definition) is 1. The van der Waals surface area contributed by atoms with Gasteiger partial charge in [0.25, 0.3) is 0 Å². The average molecular weight is 262 g/mol. The van der Waals surface area contributed by atoms with Crippen molar-refractivity contribution in [1.82, 2.24) is 4.90 Å². The van der Waals surface area contributed by atoms with Gasteiger partial charge in [-0.3, -0.25) is 4.90 Å². The molecular formula is C15H19FN2O. The van der Waals surface area contributed by atoms with Crippen LogP contribution in [0.15, 0.2) is 47.1 Å². The second-order valence-electron chi connectivity index (χ2n) is 4.86. The van der Waals surface area contributed by atoms with E-state index < -0.39 is 0 Å². The SMILES string of the molecule is CC(N)C(c1ccco1)N(C)Cc1cccc(F)c1. The van der Waals surface area contributed by atoms with E-state index in [0.717, 1.165) is 11.3 Å². The fourth-order valence-corrected chi connectivity index (χ4v) is 2.36. The van der Waals surface area contributed by atoms with Crippen LogP contribution < -0.4 is 5.73 Å². The van der Waals surface area contributed by atoms with Crippen molar-refractivity contribution in [3.05, 3.63) is 59.8 Å². The summed E-state index contributed by atoms with van der Waals surface area (Å²) < 4.78 is 18.6. The first kappa shape index (κ1) is 13.8. The number of nitrogens with zero attached hydrogens (tertiary/aromatic N) is 1. The molecule has 0 fully saturated rings. The molecular weight excluding hydrogens is 243 g/mol. The van der Waals surface area contributed by atoms with Crippen LogP contribution in [-0.2, 0) is 6.54 Å². The molecule has 2 aromatic rings. The van der Waals surface area contributed by atoms with Gasteiger partial charge in [-0.15, -0.1) is 0 Å². The Morgan fingerprint density at radius 2 is 2.11 bits per heavy atom. The van der Waals surface area contributed by atoms with Gasteiger partial charge in [0.05, 0.1) is 12.3 Å². The topological polar surface area (TPSA) is 42.4 Å². The van der Waals surface area contributed by atoms with E-state index in [1.807, 2.05) is 32.2 Å². The molecule has 0 aliphatic heterocycles. The fraction of sp³-hybridized carbons (Fsp3) is 0.333. The maximum atomic E-state index is 13.2. The van der Waals surface area contributed by atoms with Gasteiger partial charge in [-0.05, 0) is 43.8 Å². The molecule has 0 aliphatic rings. The summed E-state index contributed by atoms with van der Waals surface area (Å²) in [5.41, 5.74) is 6.95. The molecule has 0 saturated carbocycles. The van der Waals surface area contributed by atoms with Gasteiger partial charge in [0.2, 0.25) is 0 Å². The number of halogens is 1. The third-order valence-corrected chi connectivity index (χ3v) is 3.13. The Morgan fingerprint density at radius 3 is 2.68 bits per heavy atom. The summed E-state index contributed by atoms with van der Waals surface area (Å²) in [6, 6.07) is 10.3. The molecule has 1 aromatic heterocycles. The third kappa shape index (κ3) is 3.43. The van der Waals surface area contributed by atoms with Gasteiger partial charge < -0.3 is 10.2 Å². The molecule has 0 bridgehead atoms. The Morgan fingerprint density at radius 1 is 1.32 bits per heavy atom. The zero-order valence-corrected chi connectivity index (χ0v) is 11.2. The van der Waals surface area contributed by atoms with Gasteiger partial charge in [-0.2, -0.15) is 0 Å². The molecule has 2 atom stereocenters. The molecule has 1 heterocycles. The van der Waals surface area contributed by atoms with E-state index >= 15 is 0 Å². The summed E-state index contributed by atoms with van der Waals surface area (Å²) in [5.74, 6) is 0.607. The summed E-state index contributed by atoms with van der Waals surface area (Å²) in [6.07, 6.45) is 1.64. The lowest BCUT2D eigenvalue weighted by molar-refractivity contribution is 0.184. The number of rotatable bonds is 5. The summed E-state index contributed by atoms with van der Waals surface area (Å²) in [6.45, 7) is 2.56. The minimum Gasteiger partial charge on any atom is -0.468 e. The molecule has 2 N–H and O–H groups in total. The highest BCUT2D eigenvalue weighted by molar-refractivity contribution is 5.17. The van der Waals surface area contributed by atoms with Crippen LogP contribution in [0.4, 0.5) is 4.39 Å². The van der Waals surface area contributed by atoms with Crippen LogP contribution in [0, 0.1) is 5.82 Å². The summed E-state index contributed by atoms with van der Waals surface area (Å²) in [4.78, 5) is 2.07. The summed E-state index contributed by atoms with van der Waals surface area (Å²) >= 11 is 0. The molecule has 0 saturated heterocycles. The molecule has 0 amide bonds. The molecule has 19 heavy (non-hydrogen) atoms. The van der Waals surface area contributed by atoms with Crippen LogP contribution in [-0.4, -0.2) is 18.0 Å². The van der Waals surface area contributed by atoms with Crippen molar-refractivity contribution in [3.63, 3.8) is 0 Å². The molecule has 2 rings (SSSR count). The van der Waals surface area contributed by atoms with E-state index in [-0.39, 0.29) is 17.9 Å². The smallest absolute Gasteiger partial charge is 0.123 e. The molecule has 0 aliphatic carbocycles. The van der Waals surface area contributed by atoms with Crippen molar-refractivity contribution in [2.45, 2.75) is 25.6 Å². The number of benzene rings is 1. The zero-order valence-electron chi connectivity index (χ0n) is 11.2. The molecule has 4 heteroatoms. The maximum absolute atomic E-state index is 13.2. The summed E-state index contributed by atoms with van der Waals surface area (Å²) in [5, 5.41) is 0. The van der Waals surface area contributed by atoms with Gasteiger partial charge in [-0.25, -0.2) is 4.39 Å². The highest BCUT2D eigenvalue weighted by Crippen LogP contribution is 2.24. The van der Waals surface area contributed by atoms with Crippen molar-refractivity contribution in [2.24, 2.45) is 5.73 Å². The molecule has 1 aromatic carbocycles. The minimum atomic E-state index is -0.221.